The molecule has 11 heteroatoms. The summed E-state index contributed by atoms with van der Waals surface area (Å²) in [5, 5.41) is 12.2. The van der Waals surface area contributed by atoms with E-state index in [1.807, 2.05) is 64.8 Å². The van der Waals surface area contributed by atoms with Crippen LogP contribution >= 0.6 is 11.6 Å². The number of halogens is 1. The van der Waals surface area contributed by atoms with Crippen LogP contribution in [0.5, 0.6) is 11.5 Å². The average molecular weight is 527 g/mol. The minimum absolute atomic E-state index is 0.317. The molecule has 1 atom stereocenters. The molecule has 2 N–H and O–H groups in total. The van der Waals surface area contributed by atoms with Crippen LogP contribution in [-0.4, -0.2) is 48.7 Å². The van der Waals surface area contributed by atoms with Crippen molar-refractivity contribution in [3.8, 4) is 28.4 Å². The van der Waals surface area contributed by atoms with Crippen molar-refractivity contribution in [2.45, 2.75) is 13.0 Å². The molecule has 0 saturated heterocycles. The molecule has 38 heavy (non-hydrogen) atoms. The predicted octanol–water partition coefficient (Wildman–Crippen LogP) is 5.09. The van der Waals surface area contributed by atoms with Crippen LogP contribution in [0.1, 0.15) is 18.7 Å². The van der Waals surface area contributed by atoms with Crippen LogP contribution < -0.4 is 15.2 Å². The summed E-state index contributed by atoms with van der Waals surface area (Å²) in [6, 6.07) is 14.8. The molecular formula is C27H23ClN8O2. The molecule has 0 saturated carbocycles. The first-order chi connectivity index (χ1) is 18.5. The van der Waals surface area contributed by atoms with Gasteiger partial charge in [-0.3, -0.25) is 4.98 Å². The summed E-state index contributed by atoms with van der Waals surface area (Å²) >= 11 is 6.37. The van der Waals surface area contributed by atoms with Gasteiger partial charge in [0.2, 0.25) is 0 Å². The molecule has 1 unspecified atom stereocenters. The Labute approximate surface area is 222 Å². The van der Waals surface area contributed by atoms with E-state index in [0.717, 1.165) is 27.8 Å². The van der Waals surface area contributed by atoms with E-state index in [1.165, 1.54) is 6.33 Å². The van der Waals surface area contributed by atoms with Gasteiger partial charge in [0.05, 0.1) is 48.7 Å². The number of hydrogen-bond acceptors (Lipinski definition) is 8. The zero-order valence-electron chi connectivity index (χ0n) is 20.8. The van der Waals surface area contributed by atoms with Crippen LogP contribution in [0.3, 0.4) is 0 Å². The van der Waals surface area contributed by atoms with Crippen LogP contribution in [0.25, 0.3) is 38.9 Å². The molecule has 2 aromatic carbocycles. The zero-order chi connectivity index (χ0) is 26.4. The number of anilines is 1. The Hall–Kier alpha value is -4.70. The van der Waals surface area contributed by atoms with E-state index in [4.69, 9.17) is 37.0 Å². The average Bonchev–Trinajstić information content (AvgIpc) is 3.52. The highest BCUT2D eigenvalue weighted by atomic mass is 35.5. The molecule has 0 radical (unpaired) electrons. The predicted molar refractivity (Wildman–Crippen MR) is 146 cm³/mol. The largest absolute Gasteiger partial charge is 0.493 e. The van der Waals surface area contributed by atoms with Crippen LogP contribution in [0, 0.1) is 0 Å². The van der Waals surface area contributed by atoms with E-state index in [2.05, 4.69) is 15.0 Å². The number of nitrogen functional groups attached to an aromatic ring is 1. The summed E-state index contributed by atoms with van der Waals surface area (Å²) in [6.07, 6.45) is 4.92. The zero-order valence-corrected chi connectivity index (χ0v) is 21.6. The van der Waals surface area contributed by atoms with Crippen molar-refractivity contribution < 1.29 is 9.47 Å². The highest BCUT2D eigenvalue weighted by Gasteiger charge is 2.25. The molecule has 6 aromatic rings. The standard InChI is InChI=1S/C27H23ClN8O2/c1-15(24-19-8-7-17(28)12-20(19)36(33-24)18-5-4-10-30-13-18)35-27-23(26(29)31-14-32-27)25(34-35)16-6-9-21(37-2)22(11-16)38-3/h4-15H,1-3H3,(H2,29,31,32). The molecule has 0 fully saturated rings. The van der Waals surface area contributed by atoms with E-state index in [9.17, 15) is 0 Å². The first-order valence-corrected chi connectivity index (χ1v) is 12.2. The number of fused-ring (bicyclic) bond motifs is 2. The number of pyridine rings is 1. The van der Waals surface area contributed by atoms with E-state index in [1.54, 1.807) is 26.6 Å². The van der Waals surface area contributed by atoms with Crippen molar-refractivity contribution in [3.63, 3.8) is 0 Å². The van der Waals surface area contributed by atoms with Crippen molar-refractivity contribution >= 4 is 39.4 Å². The van der Waals surface area contributed by atoms with Gasteiger partial charge in [-0.1, -0.05) is 11.6 Å². The number of ether oxygens (including phenoxy) is 2. The Morgan fingerprint density at radius 2 is 1.82 bits per heavy atom. The first kappa shape index (κ1) is 23.7. The lowest BCUT2D eigenvalue weighted by atomic mass is 10.1. The van der Waals surface area contributed by atoms with Crippen LogP contribution in [0.2, 0.25) is 5.02 Å². The van der Waals surface area contributed by atoms with E-state index >= 15 is 0 Å². The normalized spacial score (nSPS) is 12.2. The summed E-state index contributed by atoms with van der Waals surface area (Å²) in [4.78, 5) is 13.0. The van der Waals surface area contributed by atoms with Gasteiger partial charge in [0.25, 0.3) is 0 Å². The van der Waals surface area contributed by atoms with Crippen LogP contribution in [0.15, 0.2) is 67.3 Å². The highest BCUT2D eigenvalue weighted by molar-refractivity contribution is 6.31. The highest BCUT2D eigenvalue weighted by Crippen LogP contribution is 2.38. The first-order valence-electron chi connectivity index (χ1n) is 11.8. The summed E-state index contributed by atoms with van der Waals surface area (Å²) in [6.45, 7) is 2.02. The Balaban J connectivity index is 1.56. The van der Waals surface area contributed by atoms with Crippen LogP contribution in [0.4, 0.5) is 5.82 Å². The molecule has 6 rings (SSSR count). The maximum atomic E-state index is 6.37. The second kappa shape index (κ2) is 9.31. The lowest BCUT2D eigenvalue weighted by molar-refractivity contribution is 0.355. The van der Waals surface area contributed by atoms with Gasteiger partial charge < -0.3 is 15.2 Å². The molecule has 0 aliphatic carbocycles. The summed E-state index contributed by atoms with van der Waals surface area (Å²) in [5.41, 5.74) is 10.8. The number of rotatable bonds is 6. The molecule has 0 aliphatic rings. The van der Waals surface area contributed by atoms with Gasteiger partial charge in [0.15, 0.2) is 17.1 Å². The Kier molecular flexibility index (Phi) is 5.80. The number of nitrogens with two attached hydrogens (primary N) is 1. The van der Waals surface area contributed by atoms with Crippen molar-refractivity contribution in [2.75, 3.05) is 20.0 Å². The third-order valence-electron chi connectivity index (χ3n) is 6.50. The maximum absolute atomic E-state index is 6.37. The van der Waals surface area contributed by atoms with E-state index in [0.29, 0.717) is 39.1 Å². The minimum atomic E-state index is -0.317. The number of methoxy groups -OCH3 is 2. The van der Waals surface area contributed by atoms with Gasteiger partial charge in [-0.2, -0.15) is 10.2 Å². The third kappa shape index (κ3) is 3.77. The molecule has 10 nitrogen and oxygen atoms in total. The fraction of sp³-hybridized carbons (Fsp3) is 0.148. The van der Waals surface area contributed by atoms with Gasteiger partial charge in [-0.05, 0) is 55.5 Å². The van der Waals surface area contributed by atoms with Crippen molar-refractivity contribution in [2.24, 2.45) is 0 Å². The lowest BCUT2D eigenvalue weighted by Crippen LogP contribution is -2.11. The summed E-state index contributed by atoms with van der Waals surface area (Å²) in [5.74, 6) is 1.52. The number of aromatic nitrogens is 7. The van der Waals surface area contributed by atoms with E-state index < -0.39 is 0 Å². The molecule has 190 valence electrons. The molecule has 0 bridgehead atoms. The molecular weight excluding hydrogens is 504 g/mol. The monoisotopic (exact) mass is 526 g/mol. The molecule has 4 aromatic heterocycles. The molecule has 0 spiro atoms. The van der Waals surface area contributed by atoms with Gasteiger partial charge in [0, 0.05) is 22.2 Å². The SMILES string of the molecule is COc1ccc(-c2nn(C(C)c3nn(-c4cccnc4)c4cc(Cl)ccc34)c3ncnc(N)c23)cc1OC. The lowest BCUT2D eigenvalue weighted by Gasteiger charge is -2.11. The fourth-order valence-electron chi connectivity index (χ4n) is 4.66. The molecule has 4 heterocycles. The number of nitrogens with zero attached hydrogens (tertiary/aromatic N) is 7. The topological polar surface area (TPSA) is 119 Å². The Bertz CT molecular complexity index is 1800. The fourth-order valence-corrected chi connectivity index (χ4v) is 4.83. The molecule has 0 aliphatic heterocycles. The third-order valence-corrected chi connectivity index (χ3v) is 6.73. The minimum Gasteiger partial charge on any atom is -0.493 e. The van der Waals surface area contributed by atoms with Crippen molar-refractivity contribution in [1.29, 1.82) is 0 Å². The van der Waals surface area contributed by atoms with Gasteiger partial charge >= 0.3 is 0 Å². The van der Waals surface area contributed by atoms with Gasteiger partial charge in [-0.15, -0.1) is 0 Å². The molecule has 0 amide bonds. The maximum Gasteiger partial charge on any atom is 0.164 e. The summed E-state index contributed by atoms with van der Waals surface area (Å²) < 4.78 is 14.6. The van der Waals surface area contributed by atoms with Crippen LogP contribution in [-0.2, 0) is 0 Å². The smallest absolute Gasteiger partial charge is 0.164 e. The second-order valence-corrected chi connectivity index (χ2v) is 9.10. The van der Waals surface area contributed by atoms with Crippen molar-refractivity contribution in [3.05, 3.63) is 78.0 Å². The van der Waals surface area contributed by atoms with Gasteiger partial charge in [0.1, 0.15) is 17.8 Å². The Morgan fingerprint density at radius 1 is 0.974 bits per heavy atom. The van der Waals surface area contributed by atoms with Crippen molar-refractivity contribution in [1.82, 2.24) is 34.5 Å². The number of benzene rings is 2. The number of hydrogen-bond donors (Lipinski definition) is 1. The van der Waals surface area contributed by atoms with Gasteiger partial charge in [-0.25, -0.2) is 19.3 Å². The quantitative estimate of drug-likeness (QED) is 0.319. The Morgan fingerprint density at radius 3 is 2.58 bits per heavy atom. The van der Waals surface area contributed by atoms with E-state index in [-0.39, 0.29) is 6.04 Å². The second-order valence-electron chi connectivity index (χ2n) is 8.67. The summed E-state index contributed by atoms with van der Waals surface area (Å²) in [7, 11) is 3.19.